The van der Waals surface area contributed by atoms with Crippen LogP contribution in [0.2, 0.25) is 0 Å². The number of carboxylic acids is 1. The van der Waals surface area contributed by atoms with Gasteiger partial charge in [-0.1, -0.05) is 24.3 Å². The van der Waals surface area contributed by atoms with Gasteiger partial charge in [-0.3, -0.25) is 10.1 Å². The summed E-state index contributed by atoms with van der Waals surface area (Å²) >= 11 is 0.833. The van der Waals surface area contributed by atoms with Crippen LogP contribution in [0.1, 0.15) is 20.8 Å². The Hall–Kier alpha value is -4.13. The fraction of sp³-hybridized carbons (Fsp3) is 0.100. The van der Waals surface area contributed by atoms with Crippen molar-refractivity contribution in [1.82, 2.24) is 14.5 Å². The maximum Gasteiger partial charge on any atom is 0.573 e. The number of alkyl halides is 3. The van der Waals surface area contributed by atoms with Crippen molar-refractivity contribution in [1.29, 1.82) is 0 Å². The molecule has 172 valence electrons. The van der Waals surface area contributed by atoms with E-state index in [0.717, 1.165) is 34.5 Å². The van der Waals surface area contributed by atoms with Gasteiger partial charge in [0.05, 0.1) is 16.6 Å². The molecule has 0 saturated heterocycles. The molecule has 4 rings (SSSR count). The number of aryl methyl sites for hydroxylation is 1. The number of fused-ring (bicyclic) bond motifs is 1. The van der Waals surface area contributed by atoms with Gasteiger partial charge < -0.3 is 20.1 Å². The molecule has 0 spiro atoms. The van der Waals surface area contributed by atoms with Crippen LogP contribution in [0.25, 0.3) is 11.0 Å². The lowest BCUT2D eigenvalue weighted by atomic mass is 10.2. The Labute approximate surface area is 188 Å². The molecule has 0 atom stereocenters. The molecule has 2 aromatic heterocycles. The molecule has 0 aliphatic heterocycles. The number of aromatic carboxylic acids is 1. The predicted molar refractivity (Wildman–Crippen MR) is 115 cm³/mol. The van der Waals surface area contributed by atoms with Crippen LogP contribution < -0.4 is 15.8 Å². The monoisotopic (exact) mass is 479 g/mol. The maximum absolute atomic E-state index is 12.3. The van der Waals surface area contributed by atoms with Crippen LogP contribution in [0, 0.1) is 0 Å². The lowest BCUT2D eigenvalue weighted by molar-refractivity contribution is -0.274. The highest BCUT2D eigenvalue weighted by molar-refractivity contribution is 7.14. The Morgan fingerprint density at radius 1 is 1.12 bits per heavy atom. The second-order valence-electron chi connectivity index (χ2n) is 6.36. The summed E-state index contributed by atoms with van der Waals surface area (Å²) in [6, 6.07) is 12.7. The molecule has 1 amide bonds. The molecule has 13 heteroatoms. The quantitative estimate of drug-likeness (QED) is 0.401. The van der Waals surface area contributed by atoms with Gasteiger partial charge in [0.15, 0.2) is 10.8 Å². The number of carboxylic acid groups (broad SMARTS) is 1. The summed E-state index contributed by atoms with van der Waals surface area (Å²) in [5, 5.41) is 12.1. The summed E-state index contributed by atoms with van der Waals surface area (Å²) in [4.78, 5) is 30.4. The van der Waals surface area contributed by atoms with E-state index < -0.39 is 24.0 Å². The molecule has 2 aromatic carbocycles. The van der Waals surface area contributed by atoms with Gasteiger partial charge in [0, 0.05) is 12.4 Å². The first-order chi connectivity index (χ1) is 15.5. The van der Waals surface area contributed by atoms with Crippen molar-refractivity contribution in [3.8, 4) is 5.75 Å². The smallest absolute Gasteiger partial charge is 0.476 e. The third kappa shape index (κ3) is 5.98. The molecule has 0 fully saturated rings. The number of anilines is 2. The zero-order valence-corrected chi connectivity index (χ0v) is 17.6. The molecule has 0 radical (unpaired) electrons. The molecule has 0 aliphatic rings. The summed E-state index contributed by atoms with van der Waals surface area (Å²) in [5.41, 5.74) is 7.00. The van der Waals surface area contributed by atoms with Crippen molar-refractivity contribution in [3.63, 3.8) is 0 Å². The van der Waals surface area contributed by atoms with Crippen molar-refractivity contribution < 1.29 is 32.6 Å². The molecular weight excluding hydrogens is 463 g/mol. The Balaban J connectivity index is 0.000000231. The highest BCUT2D eigenvalue weighted by atomic mass is 32.1. The van der Waals surface area contributed by atoms with Gasteiger partial charge in [0.25, 0.3) is 5.91 Å². The molecule has 9 nitrogen and oxygen atoms in total. The van der Waals surface area contributed by atoms with E-state index in [-0.39, 0.29) is 16.4 Å². The van der Waals surface area contributed by atoms with Gasteiger partial charge in [-0.25, -0.2) is 14.8 Å². The summed E-state index contributed by atoms with van der Waals surface area (Å²) < 4.78 is 42.5. The van der Waals surface area contributed by atoms with E-state index in [1.807, 2.05) is 35.9 Å². The van der Waals surface area contributed by atoms with Crippen LogP contribution in [-0.2, 0) is 7.05 Å². The Kier molecular flexibility index (Phi) is 6.82. The highest BCUT2D eigenvalue weighted by Crippen LogP contribution is 2.27. The molecular formula is C20H16F3N5O4S. The Bertz CT molecular complexity index is 1300. The van der Waals surface area contributed by atoms with Gasteiger partial charge >= 0.3 is 12.3 Å². The number of ether oxygens (including phenoxy) is 1. The minimum Gasteiger partial charge on any atom is -0.476 e. The molecule has 0 bridgehead atoms. The number of para-hydroxylation sites is 3. The number of nitrogen functional groups attached to an aromatic ring is 1. The number of nitrogens with zero attached hydrogens (tertiary/aromatic N) is 3. The summed E-state index contributed by atoms with van der Waals surface area (Å²) in [5.74, 6) is -2.28. The number of imidazole rings is 1. The largest absolute Gasteiger partial charge is 0.573 e. The average Bonchev–Trinajstić information content (AvgIpc) is 3.33. The van der Waals surface area contributed by atoms with E-state index in [4.69, 9.17) is 10.8 Å². The molecule has 0 aliphatic carbocycles. The number of hydrogen-bond donors (Lipinski definition) is 3. The van der Waals surface area contributed by atoms with Gasteiger partial charge in [0.2, 0.25) is 5.95 Å². The second-order valence-corrected chi connectivity index (χ2v) is 7.22. The van der Waals surface area contributed by atoms with E-state index in [0.29, 0.717) is 5.95 Å². The number of nitrogens with one attached hydrogen (secondary N) is 1. The van der Waals surface area contributed by atoms with Gasteiger partial charge in [-0.2, -0.15) is 0 Å². The number of aromatic nitrogens is 3. The van der Waals surface area contributed by atoms with E-state index in [1.165, 1.54) is 17.5 Å². The maximum atomic E-state index is 12.3. The number of carbonyl (C=O) groups excluding carboxylic acids is 1. The van der Waals surface area contributed by atoms with Gasteiger partial charge in [0.1, 0.15) is 5.75 Å². The average molecular weight is 479 g/mol. The topological polar surface area (TPSA) is 132 Å². The first kappa shape index (κ1) is 23.5. The van der Waals surface area contributed by atoms with Gasteiger partial charge in [-0.15, -0.1) is 24.5 Å². The molecule has 33 heavy (non-hydrogen) atoms. The lowest BCUT2D eigenvalue weighted by Crippen LogP contribution is -2.20. The number of rotatable bonds is 4. The van der Waals surface area contributed by atoms with Crippen LogP contribution in [0.3, 0.4) is 0 Å². The number of carbonyl (C=O) groups is 2. The fourth-order valence-corrected chi connectivity index (χ4v) is 3.31. The second kappa shape index (κ2) is 9.56. The number of thiazole rings is 1. The molecule has 4 aromatic rings. The molecule has 4 N–H and O–H groups in total. The normalized spacial score (nSPS) is 10.9. The fourth-order valence-electron chi connectivity index (χ4n) is 2.63. The van der Waals surface area contributed by atoms with E-state index >= 15 is 0 Å². The zero-order valence-electron chi connectivity index (χ0n) is 16.8. The highest BCUT2D eigenvalue weighted by Gasteiger charge is 2.33. The number of amides is 1. The van der Waals surface area contributed by atoms with E-state index in [9.17, 15) is 22.8 Å². The minimum absolute atomic E-state index is 0.0517. The van der Waals surface area contributed by atoms with Crippen LogP contribution >= 0.6 is 11.3 Å². The zero-order chi connectivity index (χ0) is 24.2. The first-order valence-corrected chi connectivity index (χ1v) is 9.95. The number of nitrogens with two attached hydrogens (primary N) is 1. The van der Waals surface area contributed by atoms with Crippen molar-refractivity contribution >= 4 is 45.3 Å². The lowest BCUT2D eigenvalue weighted by Gasteiger charge is -2.12. The standard InChI is InChI=1S/C12H7F3N2O4S.C8H9N3/c13-12(14,15)21-8-4-2-1-3-6(8)9(18)17-11-16-7(5-22-11)10(19)20;1-11-7-5-3-2-4-6(7)10-8(11)9/h1-5H,(H,19,20)(H,16,17,18);2-5H,1H3,(H2,9,10). The van der Waals surface area contributed by atoms with Crippen LogP contribution in [-0.4, -0.2) is 37.9 Å². The Morgan fingerprint density at radius 2 is 1.79 bits per heavy atom. The minimum atomic E-state index is -4.94. The number of benzene rings is 2. The van der Waals surface area contributed by atoms with E-state index in [1.54, 1.807) is 0 Å². The van der Waals surface area contributed by atoms with Crippen molar-refractivity contribution in [3.05, 3.63) is 65.2 Å². The summed E-state index contributed by atoms with van der Waals surface area (Å²) in [6.07, 6.45) is -4.94. The summed E-state index contributed by atoms with van der Waals surface area (Å²) in [6.45, 7) is 0. The molecule has 2 heterocycles. The van der Waals surface area contributed by atoms with Crippen LogP contribution in [0.15, 0.2) is 53.9 Å². The van der Waals surface area contributed by atoms with Crippen LogP contribution in [0.5, 0.6) is 5.75 Å². The van der Waals surface area contributed by atoms with Gasteiger partial charge in [-0.05, 0) is 24.3 Å². The number of hydrogen-bond acceptors (Lipinski definition) is 7. The van der Waals surface area contributed by atoms with E-state index in [2.05, 4.69) is 20.0 Å². The predicted octanol–water partition coefficient (Wildman–Crippen LogP) is 4.15. The SMILES string of the molecule is Cn1c(N)nc2ccccc21.O=C(O)c1csc(NC(=O)c2ccccc2OC(F)(F)F)n1. The third-order valence-corrected chi connectivity index (χ3v) is 4.88. The molecule has 0 saturated carbocycles. The first-order valence-electron chi connectivity index (χ1n) is 9.07. The third-order valence-electron chi connectivity index (χ3n) is 4.12. The van der Waals surface area contributed by atoms with Crippen molar-refractivity contribution in [2.45, 2.75) is 6.36 Å². The van der Waals surface area contributed by atoms with Crippen LogP contribution in [0.4, 0.5) is 24.3 Å². The van der Waals surface area contributed by atoms with Crippen molar-refractivity contribution in [2.75, 3.05) is 11.1 Å². The summed E-state index contributed by atoms with van der Waals surface area (Å²) in [7, 11) is 1.91. The Morgan fingerprint density at radius 3 is 2.42 bits per heavy atom. The number of halogens is 3. The molecule has 0 unspecified atom stereocenters. The van der Waals surface area contributed by atoms with Crippen molar-refractivity contribution in [2.24, 2.45) is 7.05 Å².